The average molecular weight is 393 g/mol. The van der Waals surface area contributed by atoms with Gasteiger partial charge in [0.15, 0.2) is 0 Å². The van der Waals surface area contributed by atoms with Crippen molar-refractivity contribution < 1.29 is 5.21 Å². The van der Waals surface area contributed by atoms with Gasteiger partial charge in [-0.15, -0.1) is 28.3 Å². The lowest BCUT2D eigenvalue weighted by Gasteiger charge is -2.23. The maximum absolute atomic E-state index is 9.00. The molecule has 0 spiro atoms. The number of halogens is 2. The zero-order valence-corrected chi connectivity index (χ0v) is 16.4. The van der Waals surface area contributed by atoms with Crippen molar-refractivity contribution in [2.75, 3.05) is 29.7 Å². The molecule has 0 aliphatic rings. The Bertz CT molecular complexity index is 787. The highest BCUT2D eigenvalue weighted by Gasteiger charge is 2.08. The molecule has 7 heteroatoms. The first-order valence-corrected chi connectivity index (χ1v) is 9.35. The molecule has 2 aromatic carbocycles. The summed E-state index contributed by atoms with van der Waals surface area (Å²) >= 11 is 11.8. The number of rotatable bonds is 8. The number of oxime groups is 1. The normalized spacial score (nSPS) is 11.9. The summed E-state index contributed by atoms with van der Waals surface area (Å²) in [4.78, 5) is 2.14. The van der Waals surface area contributed by atoms with Crippen molar-refractivity contribution in [2.45, 2.75) is 13.8 Å². The summed E-state index contributed by atoms with van der Waals surface area (Å²) in [7, 11) is 0. The van der Waals surface area contributed by atoms with Gasteiger partial charge in [-0.1, -0.05) is 23.4 Å². The van der Waals surface area contributed by atoms with E-state index in [-0.39, 0.29) is 0 Å². The van der Waals surface area contributed by atoms with Gasteiger partial charge in [-0.3, -0.25) is 0 Å². The largest absolute Gasteiger partial charge is 0.411 e. The van der Waals surface area contributed by atoms with Crippen molar-refractivity contribution in [3.63, 3.8) is 0 Å². The van der Waals surface area contributed by atoms with Gasteiger partial charge < -0.3 is 10.1 Å². The molecule has 0 aliphatic carbocycles. The molecular weight excluding hydrogens is 371 g/mol. The Labute approximate surface area is 163 Å². The third-order valence-electron chi connectivity index (χ3n) is 3.96. The molecule has 0 aliphatic heterocycles. The molecule has 138 valence electrons. The number of nitrogens with zero attached hydrogens (tertiary/aromatic N) is 4. The van der Waals surface area contributed by atoms with E-state index in [1.165, 1.54) is 0 Å². The first kappa shape index (κ1) is 20.2. The summed E-state index contributed by atoms with van der Waals surface area (Å²) in [6.45, 7) is 5.18. The second-order valence-corrected chi connectivity index (χ2v) is 6.49. The Morgan fingerprint density at radius 3 is 2.27 bits per heavy atom. The molecule has 0 radical (unpaired) electrons. The van der Waals surface area contributed by atoms with Gasteiger partial charge in [-0.05, 0) is 43.7 Å². The van der Waals surface area contributed by atoms with Crippen LogP contribution in [0.2, 0.25) is 0 Å². The van der Waals surface area contributed by atoms with Gasteiger partial charge in [-0.2, -0.15) is 5.11 Å². The number of benzene rings is 2. The van der Waals surface area contributed by atoms with Crippen molar-refractivity contribution in [3.8, 4) is 0 Å². The van der Waals surface area contributed by atoms with Crippen LogP contribution >= 0.6 is 23.2 Å². The van der Waals surface area contributed by atoms with E-state index >= 15 is 0 Å². The minimum absolute atomic E-state index is 0.490. The molecule has 2 rings (SSSR count). The minimum atomic E-state index is 0.490. The fraction of sp³-hybridized carbons (Fsp3) is 0.316. The van der Waals surface area contributed by atoms with E-state index < -0.39 is 0 Å². The SMILES string of the molecule is C/C(=N\O)c1ccccc1N=Nc1ccc(N(CCCl)CCCl)cc1C. The Hall–Kier alpha value is -2.11. The van der Waals surface area contributed by atoms with E-state index in [4.69, 9.17) is 28.4 Å². The lowest BCUT2D eigenvalue weighted by Crippen LogP contribution is -2.27. The summed E-state index contributed by atoms with van der Waals surface area (Å²) in [5.74, 6) is 1.08. The van der Waals surface area contributed by atoms with Crippen LogP contribution in [0.25, 0.3) is 0 Å². The lowest BCUT2D eigenvalue weighted by molar-refractivity contribution is 0.319. The fourth-order valence-electron chi connectivity index (χ4n) is 2.55. The van der Waals surface area contributed by atoms with Gasteiger partial charge in [0.1, 0.15) is 0 Å². The van der Waals surface area contributed by atoms with Gasteiger partial charge in [0.25, 0.3) is 0 Å². The van der Waals surface area contributed by atoms with Gasteiger partial charge in [0.05, 0.1) is 17.1 Å². The van der Waals surface area contributed by atoms with E-state index in [0.29, 0.717) is 23.2 Å². The van der Waals surface area contributed by atoms with Crippen LogP contribution in [-0.4, -0.2) is 35.8 Å². The number of anilines is 1. The smallest absolute Gasteiger partial charge is 0.0948 e. The number of aryl methyl sites for hydroxylation is 1. The first-order chi connectivity index (χ1) is 12.6. The Kier molecular flexibility index (Phi) is 7.88. The molecule has 26 heavy (non-hydrogen) atoms. The predicted octanol–water partition coefficient (Wildman–Crippen LogP) is 5.89. The van der Waals surface area contributed by atoms with Crippen LogP contribution in [0, 0.1) is 6.92 Å². The van der Waals surface area contributed by atoms with Crippen molar-refractivity contribution in [2.24, 2.45) is 15.4 Å². The molecule has 0 unspecified atom stereocenters. The number of hydrogen-bond acceptors (Lipinski definition) is 5. The molecule has 0 amide bonds. The van der Waals surface area contributed by atoms with Crippen LogP contribution < -0.4 is 4.90 Å². The van der Waals surface area contributed by atoms with Gasteiger partial charge in [0, 0.05) is 36.1 Å². The van der Waals surface area contributed by atoms with Gasteiger partial charge >= 0.3 is 0 Å². The third kappa shape index (κ3) is 5.19. The van der Waals surface area contributed by atoms with Crippen molar-refractivity contribution >= 4 is 46.0 Å². The quantitative estimate of drug-likeness (QED) is 0.200. The van der Waals surface area contributed by atoms with Crippen molar-refractivity contribution in [1.82, 2.24) is 0 Å². The standard InChI is InChI=1S/C19H22Cl2N4O/c1-14-13-16(25(11-9-20)12-10-21)7-8-18(14)22-23-19-6-4-3-5-17(19)15(2)24-26/h3-8,13,26H,9-12H2,1-2H3/b23-22?,24-15+. The fourth-order valence-corrected chi connectivity index (χ4v) is 2.96. The van der Waals surface area contributed by atoms with E-state index in [1.807, 2.05) is 43.3 Å². The van der Waals surface area contributed by atoms with Crippen molar-refractivity contribution in [1.29, 1.82) is 0 Å². The monoisotopic (exact) mass is 392 g/mol. The molecule has 1 N–H and O–H groups in total. The zero-order valence-electron chi connectivity index (χ0n) is 14.9. The zero-order chi connectivity index (χ0) is 18.9. The maximum Gasteiger partial charge on any atom is 0.0948 e. The lowest BCUT2D eigenvalue weighted by atomic mass is 10.1. The molecule has 0 atom stereocenters. The molecule has 0 saturated carbocycles. The molecule has 0 heterocycles. The van der Waals surface area contributed by atoms with Crippen LogP contribution in [0.15, 0.2) is 57.8 Å². The molecule has 0 bridgehead atoms. The van der Waals surface area contributed by atoms with E-state index in [9.17, 15) is 0 Å². The molecule has 0 fully saturated rings. The molecular formula is C19H22Cl2N4O. The summed E-state index contributed by atoms with van der Waals surface area (Å²) in [5.41, 5.74) is 4.72. The molecule has 2 aromatic rings. The average Bonchev–Trinajstić information content (AvgIpc) is 2.66. The predicted molar refractivity (Wildman–Crippen MR) is 109 cm³/mol. The summed E-state index contributed by atoms with van der Waals surface area (Å²) in [6.07, 6.45) is 0. The van der Waals surface area contributed by atoms with Gasteiger partial charge in [-0.25, -0.2) is 0 Å². The topological polar surface area (TPSA) is 60.6 Å². The highest BCUT2D eigenvalue weighted by Crippen LogP contribution is 2.28. The minimum Gasteiger partial charge on any atom is -0.411 e. The van der Waals surface area contributed by atoms with E-state index in [0.717, 1.165) is 35.6 Å². The Balaban J connectivity index is 2.27. The summed E-state index contributed by atoms with van der Waals surface area (Å²) in [6, 6.07) is 13.4. The second-order valence-electron chi connectivity index (χ2n) is 5.74. The van der Waals surface area contributed by atoms with Crippen LogP contribution in [0.5, 0.6) is 0 Å². The molecule has 0 saturated heterocycles. The number of azo groups is 1. The van der Waals surface area contributed by atoms with Gasteiger partial charge in [0.2, 0.25) is 0 Å². The first-order valence-electron chi connectivity index (χ1n) is 8.28. The summed E-state index contributed by atoms with van der Waals surface area (Å²) < 4.78 is 0. The van der Waals surface area contributed by atoms with Crippen molar-refractivity contribution in [3.05, 3.63) is 53.6 Å². The van der Waals surface area contributed by atoms with Crippen LogP contribution in [0.4, 0.5) is 17.1 Å². The van der Waals surface area contributed by atoms with Crippen LogP contribution in [0.1, 0.15) is 18.1 Å². The second kappa shape index (κ2) is 10.1. The Morgan fingerprint density at radius 1 is 1.00 bits per heavy atom. The Morgan fingerprint density at radius 2 is 1.65 bits per heavy atom. The van der Waals surface area contributed by atoms with E-state index in [1.54, 1.807) is 6.92 Å². The maximum atomic E-state index is 9.00. The van der Waals surface area contributed by atoms with E-state index in [2.05, 4.69) is 26.4 Å². The summed E-state index contributed by atoms with van der Waals surface area (Å²) in [5, 5.41) is 20.9. The molecule has 0 aromatic heterocycles. The highest BCUT2D eigenvalue weighted by molar-refractivity contribution is 6.18. The highest BCUT2D eigenvalue weighted by atomic mass is 35.5. The molecule has 5 nitrogen and oxygen atoms in total. The number of alkyl halides is 2. The van der Waals surface area contributed by atoms with Crippen LogP contribution in [0.3, 0.4) is 0 Å². The van der Waals surface area contributed by atoms with Crippen LogP contribution in [-0.2, 0) is 0 Å². The third-order valence-corrected chi connectivity index (χ3v) is 4.30. The number of hydrogen-bond donors (Lipinski definition) is 1.